The third kappa shape index (κ3) is 5.45. The predicted molar refractivity (Wildman–Crippen MR) is 48.9 cm³/mol. The molecule has 0 bridgehead atoms. The molecule has 0 atom stereocenters. The molecule has 0 aromatic rings. The van der Waals surface area contributed by atoms with E-state index in [1.807, 2.05) is 0 Å². The minimum atomic E-state index is 0. The fraction of sp³-hybridized carbons (Fsp3) is 1.00. The van der Waals surface area contributed by atoms with E-state index in [1.165, 1.54) is 32.1 Å². The van der Waals surface area contributed by atoms with Crippen LogP contribution in [0, 0.1) is 5.92 Å². The maximum absolute atomic E-state index is 2.44. The van der Waals surface area contributed by atoms with E-state index in [4.69, 9.17) is 0 Å². The van der Waals surface area contributed by atoms with E-state index in [0.717, 1.165) is 5.92 Å². The molecule has 0 saturated heterocycles. The van der Waals surface area contributed by atoms with Crippen molar-refractivity contribution in [1.82, 2.24) is 0 Å². The van der Waals surface area contributed by atoms with E-state index in [1.54, 1.807) is 6.04 Å². The Hall–Kier alpha value is 1.22. The van der Waals surface area contributed by atoms with E-state index >= 15 is 0 Å². The van der Waals surface area contributed by atoms with Crippen LogP contribution in [0.2, 0.25) is 19.1 Å². The Labute approximate surface area is 95.0 Å². The van der Waals surface area contributed by atoms with Gasteiger partial charge in [-0.2, -0.15) is 19.1 Å². The summed E-state index contributed by atoms with van der Waals surface area (Å²) in [5, 5.41) is 0. The molecular weight excluding hydrogens is 159 g/mol. The van der Waals surface area contributed by atoms with Crippen LogP contribution in [0.3, 0.4) is 0 Å². The van der Waals surface area contributed by atoms with Crippen molar-refractivity contribution in [2.24, 2.45) is 5.92 Å². The Bertz CT molecular complexity index is 87.6. The van der Waals surface area contributed by atoms with Crippen LogP contribution in [0.25, 0.3) is 0 Å². The van der Waals surface area contributed by atoms with Gasteiger partial charge in [0.25, 0.3) is 0 Å². The molecule has 60 valence electrons. The number of rotatable bonds is 2. The standard InChI is InChI=1S/C9H19Si.Na/c1-10(2)8-9-6-4-3-5-7-9;/h9H,3-8H2,1-2H3;/q-1;+1. The molecule has 0 nitrogen and oxygen atoms in total. The molecule has 1 rings (SSSR count). The van der Waals surface area contributed by atoms with Gasteiger partial charge in [-0.05, 0) is 0 Å². The van der Waals surface area contributed by atoms with Crippen LogP contribution < -0.4 is 29.6 Å². The Balaban J connectivity index is 0.000001000. The summed E-state index contributed by atoms with van der Waals surface area (Å²) in [5.41, 5.74) is 0. The molecule has 0 radical (unpaired) electrons. The second-order valence-electron chi connectivity index (χ2n) is 3.92. The van der Waals surface area contributed by atoms with Gasteiger partial charge >= 0.3 is 29.6 Å². The van der Waals surface area contributed by atoms with Crippen molar-refractivity contribution in [3.8, 4) is 0 Å². The molecule has 1 aliphatic rings. The van der Waals surface area contributed by atoms with Gasteiger partial charge in [-0.15, -0.1) is 0 Å². The van der Waals surface area contributed by atoms with Gasteiger partial charge in [-0.3, -0.25) is 8.80 Å². The molecule has 0 N–H and O–H groups in total. The molecule has 0 spiro atoms. The van der Waals surface area contributed by atoms with Crippen molar-refractivity contribution in [2.45, 2.75) is 51.2 Å². The van der Waals surface area contributed by atoms with E-state index in [2.05, 4.69) is 13.1 Å². The van der Waals surface area contributed by atoms with Gasteiger partial charge in [0, 0.05) is 0 Å². The summed E-state index contributed by atoms with van der Waals surface area (Å²) in [6.45, 7) is 4.89. The van der Waals surface area contributed by atoms with Gasteiger partial charge in [-0.25, -0.2) is 0 Å². The Morgan fingerprint density at radius 1 is 1.09 bits per heavy atom. The summed E-state index contributed by atoms with van der Waals surface area (Å²) < 4.78 is 0. The largest absolute Gasteiger partial charge is 1.00 e. The Kier molecular flexibility index (Phi) is 7.44. The molecule has 0 aromatic heterocycles. The quantitative estimate of drug-likeness (QED) is 0.534. The second-order valence-corrected chi connectivity index (χ2v) is 6.74. The molecule has 0 heterocycles. The Morgan fingerprint density at radius 3 is 2.09 bits per heavy atom. The minimum Gasteiger partial charge on any atom is -0.267 e. The van der Waals surface area contributed by atoms with E-state index in [0.29, 0.717) is 0 Å². The molecule has 0 amide bonds. The zero-order chi connectivity index (χ0) is 7.40. The first-order valence-electron chi connectivity index (χ1n) is 4.58. The van der Waals surface area contributed by atoms with Crippen molar-refractivity contribution in [2.75, 3.05) is 0 Å². The number of hydrogen-bond donors (Lipinski definition) is 0. The smallest absolute Gasteiger partial charge is 0.267 e. The number of hydrogen-bond acceptors (Lipinski definition) is 0. The SMILES string of the molecule is C[Si-](C)CC1CCCCC1.[Na+]. The first kappa shape index (κ1) is 12.2. The Morgan fingerprint density at radius 2 is 1.64 bits per heavy atom. The van der Waals surface area contributed by atoms with Crippen molar-refractivity contribution in [3.05, 3.63) is 0 Å². The normalized spacial score (nSPS) is 19.9. The molecule has 1 fully saturated rings. The van der Waals surface area contributed by atoms with Gasteiger partial charge < -0.3 is 0 Å². The molecule has 0 aromatic carbocycles. The first-order valence-corrected chi connectivity index (χ1v) is 7.29. The topological polar surface area (TPSA) is 0 Å². The van der Waals surface area contributed by atoms with E-state index in [-0.39, 0.29) is 38.4 Å². The molecule has 1 saturated carbocycles. The maximum atomic E-state index is 2.44. The molecule has 0 aliphatic heterocycles. The third-order valence-corrected chi connectivity index (χ3v) is 3.82. The summed E-state index contributed by atoms with van der Waals surface area (Å²) in [7, 11) is 0.0665. The van der Waals surface area contributed by atoms with Crippen LogP contribution in [0.1, 0.15) is 32.1 Å². The van der Waals surface area contributed by atoms with Crippen molar-refractivity contribution in [1.29, 1.82) is 0 Å². The third-order valence-electron chi connectivity index (χ3n) is 2.42. The summed E-state index contributed by atoms with van der Waals surface area (Å²) in [4.78, 5) is 0. The van der Waals surface area contributed by atoms with Crippen LogP contribution in [-0.2, 0) is 0 Å². The molecule has 0 unspecified atom stereocenters. The summed E-state index contributed by atoms with van der Waals surface area (Å²) in [6.07, 6.45) is 7.61. The van der Waals surface area contributed by atoms with Crippen molar-refractivity contribution in [3.63, 3.8) is 0 Å². The van der Waals surface area contributed by atoms with Crippen LogP contribution >= 0.6 is 0 Å². The van der Waals surface area contributed by atoms with Crippen LogP contribution in [0.4, 0.5) is 0 Å². The zero-order valence-corrected chi connectivity index (χ0v) is 11.3. The summed E-state index contributed by atoms with van der Waals surface area (Å²) in [5.74, 6) is 1.12. The zero-order valence-electron chi connectivity index (χ0n) is 8.32. The van der Waals surface area contributed by atoms with Gasteiger partial charge in [0.05, 0.1) is 0 Å². The van der Waals surface area contributed by atoms with Gasteiger partial charge in [0.1, 0.15) is 0 Å². The average Bonchev–Trinajstić information content (AvgIpc) is 1.88. The van der Waals surface area contributed by atoms with Crippen molar-refractivity contribution < 1.29 is 29.6 Å². The van der Waals surface area contributed by atoms with Gasteiger partial charge in [0.2, 0.25) is 0 Å². The minimum absolute atomic E-state index is 0. The average molecular weight is 178 g/mol. The summed E-state index contributed by atoms with van der Waals surface area (Å²) >= 11 is 0. The van der Waals surface area contributed by atoms with E-state index < -0.39 is 0 Å². The van der Waals surface area contributed by atoms with Gasteiger partial charge in [0.15, 0.2) is 0 Å². The first-order chi connectivity index (χ1) is 4.79. The predicted octanol–water partition coefficient (Wildman–Crippen LogP) is 0.325. The fourth-order valence-electron chi connectivity index (χ4n) is 1.97. The maximum Gasteiger partial charge on any atom is 1.00 e. The monoisotopic (exact) mass is 178 g/mol. The summed E-state index contributed by atoms with van der Waals surface area (Å²) in [6, 6.07) is 1.57. The van der Waals surface area contributed by atoms with Crippen LogP contribution in [0.15, 0.2) is 0 Å². The van der Waals surface area contributed by atoms with Crippen molar-refractivity contribution >= 4 is 8.80 Å². The fourth-order valence-corrected chi connectivity index (χ4v) is 3.53. The van der Waals surface area contributed by atoms with Crippen LogP contribution in [-0.4, -0.2) is 8.80 Å². The molecule has 11 heavy (non-hydrogen) atoms. The van der Waals surface area contributed by atoms with Gasteiger partial charge in [-0.1, -0.05) is 38.0 Å². The molecule has 2 heteroatoms. The molecule has 1 aliphatic carbocycles. The molecular formula is C9H19NaSi. The second kappa shape index (κ2) is 6.70. The van der Waals surface area contributed by atoms with Crippen LogP contribution in [0.5, 0.6) is 0 Å². The van der Waals surface area contributed by atoms with E-state index in [9.17, 15) is 0 Å².